The standard InChI is InChI=1S/C37H30N4O2S/c1-36(2)21-37(3,4)35(43)41(34(36)42)32-30-25-15-9-11-17-29(25)44-33(30)39-31(38-32)22-18-19-28-26(20-22)24-14-8-10-16-27(24)40(28)23-12-6-5-7-13-23/h5-20H,21H2,1-4H3. The third-order valence-electron chi connectivity index (χ3n) is 8.82. The number of carbonyl (C=O) groups is 2. The Morgan fingerprint density at radius 1 is 0.682 bits per heavy atom. The number of aromatic nitrogens is 3. The Bertz CT molecular complexity index is 2290. The molecule has 2 amide bonds. The first-order valence-corrected chi connectivity index (χ1v) is 15.6. The van der Waals surface area contributed by atoms with Crippen LogP contribution in [-0.4, -0.2) is 26.3 Å². The highest BCUT2D eigenvalue weighted by molar-refractivity contribution is 7.25. The Labute approximate surface area is 258 Å². The van der Waals surface area contributed by atoms with E-state index in [4.69, 9.17) is 9.97 Å². The zero-order valence-electron chi connectivity index (χ0n) is 25.0. The number of thiophene rings is 1. The van der Waals surface area contributed by atoms with Crippen molar-refractivity contribution in [3.05, 3.63) is 97.1 Å². The number of imide groups is 1. The van der Waals surface area contributed by atoms with Crippen molar-refractivity contribution in [2.75, 3.05) is 4.90 Å². The van der Waals surface area contributed by atoms with Gasteiger partial charge in [-0.15, -0.1) is 11.3 Å². The fourth-order valence-corrected chi connectivity index (χ4v) is 8.08. The number of benzene rings is 4. The number of carbonyl (C=O) groups excluding carboxylic acids is 2. The predicted octanol–water partition coefficient (Wildman–Crippen LogP) is 8.92. The van der Waals surface area contributed by atoms with E-state index in [0.717, 1.165) is 53.4 Å². The third kappa shape index (κ3) is 3.85. The van der Waals surface area contributed by atoms with Gasteiger partial charge in [0.2, 0.25) is 11.8 Å². The van der Waals surface area contributed by atoms with Gasteiger partial charge in [0, 0.05) is 42.9 Å². The molecule has 0 N–H and O–H groups in total. The van der Waals surface area contributed by atoms with Gasteiger partial charge in [-0.3, -0.25) is 9.59 Å². The summed E-state index contributed by atoms with van der Waals surface area (Å²) >= 11 is 1.55. The summed E-state index contributed by atoms with van der Waals surface area (Å²) < 4.78 is 3.30. The molecule has 3 aromatic heterocycles. The van der Waals surface area contributed by atoms with E-state index < -0.39 is 10.8 Å². The topological polar surface area (TPSA) is 68.1 Å². The fraction of sp³-hybridized carbons (Fsp3) is 0.189. The molecule has 216 valence electrons. The SMILES string of the molecule is CC1(C)CC(C)(C)C(=O)N(c2nc(-c3ccc4c(c3)c3ccccc3n4-c3ccccc3)nc3sc4ccccc4c23)C1=O. The van der Waals surface area contributed by atoms with E-state index in [2.05, 4.69) is 53.1 Å². The van der Waals surface area contributed by atoms with E-state index >= 15 is 0 Å². The molecule has 0 unspecified atom stereocenters. The number of hydrogen-bond acceptors (Lipinski definition) is 5. The van der Waals surface area contributed by atoms with E-state index in [-0.39, 0.29) is 11.8 Å². The van der Waals surface area contributed by atoms with Gasteiger partial charge in [-0.1, -0.05) is 82.3 Å². The fourth-order valence-electron chi connectivity index (χ4n) is 7.01. The summed E-state index contributed by atoms with van der Waals surface area (Å²) in [6, 6.07) is 33.0. The number of piperidine rings is 1. The van der Waals surface area contributed by atoms with Gasteiger partial charge in [-0.25, -0.2) is 14.9 Å². The van der Waals surface area contributed by atoms with E-state index in [1.165, 1.54) is 4.90 Å². The molecule has 4 aromatic carbocycles. The van der Waals surface area contributed by atoms with E-state index in [1.807, 2.05) is 76.2 Å². The molecule has 0 saturated carbocycles. The average Bonchev–Trinajstić information content (AvgIpc) is 3.56. The lowest BCUT2D eigenvalue weighted by Gasteiger charge is -2.43. The maximum Gasteiger partial charge on any atom is 0.240 e. The normalized spacial score (nSPS) is 16.5. The number of rotatable bonds is 3. The second kappa shape index (κ2) is 9.31. The molecule has 0 aliphatic carbocycles. The first-order chi connectivity index (χ1) is 21.1. The van der Waals surface area contributed by atoms with Crippen LogP contribution in [0.25, 0.3) is 59.2 Å². The lowest BCUT2D eigenvalue weighted by Crippen LogP contribution is -2.57. The lowest BCUT2D eigenvalue weighted by molar-refractivity contribution is -0.143. The highest BCUT2D eigenvalue weighted by atomic mass is 32.1. The molecule has 1 fully saturated rings. The van der Waals surface area contributed by atoms with Crippen molar-refractivity contribution in [1.29, 1.82) is 0 Å². The molecule has 44 heavy (non-hydrogen) atoms. The van der Waals surface area contributed by atoms with Crippen LogP contribution in [0.1, 0.15) is 34.1 Å². The smallest absolute Gasteiger partial charge is 0.240 e. The lowest BCUT2D eigenvalue weighted by atomic mass is 9.70. The molecular weight excluding hydrogens is 565 g/mol. The van der Waals surface area contributed by atoms with Crippen molar-refractivity contribution in [3.63, 3.8) is 0 Å². The second-order valence-electron chi connectivity index (χ2n) is 13.0. The van der Waals surface area contributed by atoms with Crippen LogP contribution >= 0.6 is 11.3 Å². The Kier molecular flexibility index (Phi) is 5.65. The van der Waals surface area contributed by atoms with Gasteiger partial charge in [0.05, 0.1) is 16.4 Å². The Hall–Kier alpha value is -4.88. The number of amides is 2. The summed E-state index contributed by atoms with van der Waals surface area (Å²) in [5.41, 5.74) is 2.65. The number of anilines is 1. The van der Waals surface area contributed by atoms with Gasteiger partial charge in [-0.05, 0) is 48.9 Å². The van der Waals surface area contributed by atoms with Crippen molar-refractivity contribution < 1.29 is 9.59 Å². The molecule has 0 radical (unpaired) electrons. The number of fused-ring (bicyclic) bond motifs is 6. The van der Waals surface area contributed by atoms with Gasteiger partial charge < -0.3 is 4.57 Å². The van der Waals surface area contributed by atoms with Crippen LogP contribution < -0.4 is 4.90 Å². The minimum atomic E-state index is -0.723. The molecule has 0 spiro atoms. The third-order valence-corrected chi connectivity index (χ3v) is 9.89. The van der Waals surface area contributed by atoms with Crippen LogP contribution in [0.3, 0.4) is 0 Å². The molecule has 0 bridgehead atoms. The molecule has 0 atom stereocenters. The predicted molar refractivity (Wildman–Crippen MR) is 179 cm³/mol. The summed E-state index contributed by atoms with van der Waals surface area (Å²) in [6.07, 6.45) is 0.474. The summed E-state index contributed by atoms with van der Waals surface area (Å²) in [4.78, 5) is 40.2. The van der Waals surface area contributed by atoms with Crippen LogP contribution in [0.15, 0.2) is 97.1 Å². The number of nitrogens with zero attached hydrogens (tertiary/aromatic N) is 4. The molecule has 6 nitrogen and oxygen atoms in total. The van der Waals surface area contributed by atoms with Crippen molar-refractivity contribution in [1.82, 2.24) is 14.5 Å². The molecule has 1 aliphatic rings. The molecule has 1 saturated heterocycles. The van der Waals surface area contributed by atoms with Gasteiger partial charge in [0.15, 0.2) is 11.6 Å². The summed E-state index contributed by atoms with van der Waals surface area (Å²) in [6.45, 7) is 7.66. The van der Waals surface area contributed by atoms with Crippen LogP contribution in [0, 0.1) is 10.8 Å². The average molecular weight is 595 g/mol. The van der Waals surface area contributed by atoms with Gasteiger partial charge in [-0.2, -0.15) is 0 Å². The molecule has 8 rings (SSSR count). The summed E-state index contributed by atoms with van der Waals surface area (Å²) in [5, 5.41) is 3.89. The van der Waals surface area contributed by atoms with Crippen LogP contribution in [-0.2, 0) is 9.59 Å². The van der Waals surface area contributed by atoms with E-state index in [1.54, 1.807) is 11.3 Å². The van der Waals surface area contributed by atoms with Gasteiger partial charge in [0.25, 0.3) is 0 Å². The summed E-state index contributed by atoms with van der Waals surface area (Å²) in [7, 11) is 0. The zero-order chi connectivity index (χ0) is 30.4. The quantitative estimate of drug-likeness (QED) is 0.192. The molecule has 7 aromatic rings. The minimum absolute atomic E-state index is 0.232. The van der Waals surface area contributed by atoms with Crippen LogP contribution in [0.5, 0.6) is 0 Å². The largest absolute Gasteiger partial charge is 0.309 e. The van der Waals surface area contributed by atoms with Crippen molar-refractivity contribution in [2.45, 2.75) is 34.1 Å². The number of hydrogen-bond donors (Lipinski definition) is 0. The Morgan fingerprint density at radius 3 is 2.07 bits per heavy atom. The van der Waals surface area contributed by atoms with Crippen molar-refractivity contribution in [3.8, 4) is 17.1 Å². The second-order valence-corrected chi connectivity index (χ2v) is 14.0. The first kappa shape index (κ1) is 26.7. The molecule has 4 heterocycles. The molecule has 1 aliphatic heterocycles. The number of para-hydroxylation sites is 2. The highest BCUT2D eigenvalue weighted by Gasteiger charge is 2.51. The van der Waals surface area contributed by atoms with Gasteiger partial charge >= 0.3 is 0 Å². The van der Waals surface area contributed by atoms with E-state index in [0.29, 0.717) is 18.1 Å². The zero-order valence-corrected chi connectivity index (χ0v) is 25.8. The van der Waals surface area contributed by atoms with E-state index in [9.17, 15) is 9.59 Å². The van der Waals surface area contributed by atoms with Crippen LogP contribution in [0.2, 0.25) is 0 Å². The Balaban J connectivity index is 1.40. The maximum atomic E-state index is 14.0. The Morgan fingerprint density at radius 2 is 1.32 bits per heavy atom. The molecular formula is C37H30N4O2S. The summed E-state index contributed by atoms with van der Waals surface area (Å²) in [5.74, 6) is 0.387. The monoisotopic (exact) mass is 594 g/mol. The van der Waals surface area contributed by atoms with Crippen molar-refractivity contribution in [2.24, 2.45) is 10.8 Å². The van der Waals surface area contributed by atoms with Crippen LogP contribution in [0.4, 0.5) is 5.82 Å². The van der Waals surface area contributed by atoms with Crippen molar-refractivity contribution >= 4 is 71.1 Å². The minimum Gasteiger partial charge on any atom is -0.309 e. The maximum absolute atomic E-state index is 14.0. The highest BCUT2D eigenvalue weighted by Crippen LogP contribution is 2.47. The van der Waals surface area contributed by atoms with Gasteiger partial charge in [0.1, 0.15) is 4.83 Å². The first-order valence-electron chi connectivity index (χ1n) is 14.8. The molecule has 7 heteroatoms.